The highest BCUT2D eigenvalue weighted by atomic mass is 16.6. The number of carbonyl (C=O) groups excluding carboxylic acids is 3. The molecule has 0 aromatic rings. The first kappa shape index (κ1) is 31.5. The predicted molar refractivity (Wildman–Crippen MR) is 150 cm³/mol. The van der Waals surface area contributed by atoms with Crippen LogP contribution in [0.25, 0.3) is 0 Å². The fourth-order valence-electron chi connectivity index (χ4n) is 6.64. The van der Waals surface area contributed by atoms with Crippen molar-refractivity contribution in [3.8, 4) is 0 Å². The van der Waals surface area contributed by atoms with Crippen molar-refractivity contribution in [1.82, 2.24) is 16.0 Å². The molecule has 12 heteroatoms. The molecular formula is C29H48N4O8. The number of epoxide rings is 2. The molecular weight excluding hydrogens is 532 g/mol. The molecule has 4 fully saturated rings. The van der Waals surface area contributed by atoms with Gasteiger partial charge in [0, 0.05) is 20.2 Å². The zero-order valence-corrected chi connectivity index (χ0v) is 24.9. The zero-order chi connectivity index (χ0) is 29.7. The Morgan fingerprint density at radius 2 is 1.78 bits per heavy atom. The molecule has 2 saturated heterocycles. The SMILES string of the molecule is COC1C(OC(=O)NC2(COC(=O)NCCCNC(=O)CN)CCCC2)CC[C@]2(CO2)C1C1(C)O[C@@H]1CC=C(C)C. The van der Waals surface area contributed by atoms with Crippen LogP contribution in [0, 0.1) is 5.92 Å². The van der Waals surface area contributed by atoms with Gasteiger partial charge < -0.3 is 45.4 Å². The summed E-state index contributed by atoms with van der Waals surface area (Å²) in [7, 11) is 1.65. The van der Waals surface area contributed by atoms with E-state index < -0.39 is 29.4 Å². The third kappa shape index (κ3) is 7.71. The summed E-state index contributed by atoms with van der Waals surface area (Å²) in [6.07, 6.45) is 6.34. The fraction of sp³-hybridized carbons (Fsp3) is 0.828. The molecule has 5 N–H and O–H groups in total. The molecule has 0 radical (unpaired) electrons. The lowest BCUT2D eigenvalue weighted by atomic mass is 9.68. The number of alkyl carbamates (subject to hydrolysis) is 2. The van der Waals surface area contributed by atoms with E-state index in [9.17, 15) is 14.4 Å². The summed E-state index contributed by atoms with van der Waals surface area (Å²) < 4.78 is 29.7. The number of nitrogens with one attached hydrogen (secondary N) is 3. The van der Waals surface area contributed by atoms with Gasteiger partial charge in [0.15, 0.2) is 0 Å². The summed E-state index contributed by atoms with van der Waals surface area (Å²) in [6, 6.07) is 0. The summed E-state index contributed by atoms with van der Waals surface area (Å²) in [5, 5.41) is 8.35. The van der Waals surface area contributed by atoms with Gasteiger partial charge in [-0.3, -0.25) is 4.79 Å². The number of methoxy groups -OCH3 is 1. The normalized spacial score (nSPS) is 33.0. The van der Waals surface area contributed by atoms with E-state index in [0.29, 0.717) is 45.4 Å². The minimum absolute atomic E-state index is 0.0494. The lowest BCUT2D eigenvalue weighted by Crippen LogP contribution is -2.57. The number of allylic oxidation sites excluding steroid dienone is 1. The molecule has 4 aliphatic rings. The first-order valence-electron chi connectivity index (χ1n) is 14.9. The van der Waals surface area contributed by atoms with Gasteiger partial charge in [0.25, 0.3) is 0 Å². The van der Waals surface area contributed by atoms with E-state index in [-0.39, 0.29) is 42.8 Å². The standard InChI is InChI=1S/C29H48N4O8/c1-19(2)8-9-21-27(3,41-21)24-23(37-4)20(10-13-29(24)18-39-29)40-26(36)33-28(11-5-6-12-28)17-38-25(35)32-15-7-14-31-22(34)16-30/h8,20-21,23-24H,5-7,9-18,30H2,1-4H3,(H,31,34)(H,32,35)(H,33,36)/t20?,21-,23?,24?,27?,29+/m1/s1. The van der Waals surface area contributed by atoms with Gasteiger partial charge >= 0.3 is 12.2 Å². The maximum atomic E-state index is 13.2. The second-order valence-corrected chi connectivity index (χ2v) is 12.3. The largest absolute Gasteiger partial charge is 0.447 e. The molecule has 4 rings (SSSR count). The zero-order valence-electron chi connectivity index (χ0n) is 24.9. The molecule has 4 unspecified atom stereocenters. The smallest absolute Gasteiger partial charge is 0.408 e. The van der Waals surface area contributed by atoms with Crippen LogP contribution in [0.3, 0.4) is 0 Å². The highest BCUT2D eigenvalue weighted by Gasteiger charge is 2.72. The van der Waals surface area contributed by atoms with Gasteiger partial charge in [0.2, 0.25) is 5.91 Å². The first-order valence-corrected chi connectivity index (χ1v) is 14.9. The van der Waals surface area contributed by atoms with Crippen LogP contribution in [0.15, 0.2) is 11.6 Å². The monoisotopic (exact) mass is 580 g/mol. The van der Waals surface area contributed by atoms with E-state index in [1.165, 1.54) is 5.57 Å². The van der Waals surface area contributed by atoms with Crippen molar-refractivity contribution in [1.29, 1.82) is 0 Å². The summed E-state index contributed by atoms with van der Waals surface area (Å²) in [6.45, 7) is 7.67. The molecule has 0 aromatic carbocycles. The minimum Gasteiger partial charge on any atom is -0.447 e. The van der Waals surface area contributed by atoms with Crippen LogP contribution in [-0.2, 0) is 28.5 Å². The molecule has 6 atom stereocenters. The van der Waals surface area contributed by atoms with Crippen molar-refractivity contribution in [3.63, 3.8) is 0 Å². The number of nitrogens with two attached hydrogens (primary N) is 1. The average Bonchev–Trinajstić information content (AvgIpc) is 3.80. The Balaban J connectivity index is 1.29. The predicted octanol–water partition coefficient (Wildman–Crippen LogP) is 2.29. The summed E-state index contributed by atoms with van der Waals surface area (Å²) >= 11 is 0. The number of rotatable bonds is 13. The van der Waals surface area contributed by atoms with E-state index in [1.54, 1.807) is 7.11 Å². The van der Waals surface area contributed by atoms with Crippen LogP contribution in [0.5, 0.6) is 0 Å². The molecule has 0 aromatic heterocycles. The summed E-state index contributed by atoms with van der Waals surface area (Å²) in [5.74, 6) is -0.299. The second-order valence-electron chi connectivity index (χ2n) is 12.3. The van der Waals surface area contributed by atoms with Gasteiger partial charge in [-0.1, -0.05) is 24.5 Å². The molecule has 41 heavy (non-hydrogen) atoms. The number of ether oxygens (including phenoxy) is 5. The Kier molecular flexibility index (Phi) is 10.2. The number of carbonyl (C=O) groups is 3. The lowest BCUT2D eigenvalue weighted by Gasteiger charge is -2.43. The average molecular weight is 581 g/mol. The lowest BCUT2D eigenvalue weighted by molar-refractivity contribution is -0.119. The molecule has 2 saturated carbocycles. The van der Waals surface area contributed by atoms with Crippen LogP contribution < -0.4 is 21.7 Å². The van der Waals surface area contributed by atoms with Crippen LogP contribution in [0.2, 0.25) is 0 Å². The number of hydrogen-bond donors (Lipinski definition) is 4. The molecule has 3 amide bonds. The second kappa shape index (κ2) is 13.3. The molecule has 2 aliphatic carbocycles. The molecule has 1 spiro atoms. The van der Waals surface area contributed by atoms with E-state index in [1.807, 2.05) is 0 Å². The molecule has 232 valence electrons. The van der Waals surface area contributed by atoms with Crippen molar-refractivity contribution < 1.29 is 38.1 Å². The Hall–Kier alpha value is -2.41. The van der Waals surface area contributed by atoms with Crippen molar-refractivity contribution in [2.45, 2.75) is 107 Å². The summed E-state index contributed by atoms with van der Waals surface area (Å²) in [5.41, 5.74) is 5.12. The van der Waals surface area contributed by atoms with Crippen molar-refractivity contribution >= 4 is 18.1 Å². The van der Waals surface area contributed by atoms with Crippen LogP contribution in [-0.4, -0.2) is 93.1 Å². The molecule has 0 bridgehead atoms. The van der Waals surface area contributed by atoms with E-state index in [0.717, 1.165) is 25.7 Å². The van der Waals surface area contributed by atoms with E-state index >= 15 is 0 Å². The van der Waals surface area contributed by atoms with Crippen LogP contribution >= 0.6 is 0 Å². The highest BCUT2D eigenvalue weighted by Crippen LogP contribution is 2.59. The van der Waals surface area contributed by atoms with Gasteiger partial charge in [-0.05, 0) is 59.3 Å². The third-order valence-corrected chi connectivity index (χ3v) is 9.03. The van der Waals surface area contributed by atoms with Gasteiger partial charge in [0.1, 0.15) is 30.0 Å². The first-order chi connectivity index (χ1) is 19.6. The molecule has 12 nitrogen and oxygen atoms in total. The summed E-state index contributed by atoms with van der Waals surface area (Å²) in [4.78, 5) is 36.7. The van der Waals surface area contributed by atoms with E-state index in [4.69, 9.17) is 29.4 Å². The van der Waals surface area contributed by atoms with Gasteiger partial charge in [-0.25, -0.2) is 9.59 Å². The van der Waals surface area contributed by atoms with Crippen LogP contribution in [0.4, 0.5) is 9.59 Å². The van der Waals surface area contributed by atoms with Crippen molar-refractivity contribution in [3.05, 3.63) is 11.6 Å². The van der Waals surface area contributed by atoms with Gasteiger partial charge in [-0.2, -0.15) is 0 Å². The van der Waals surface area contributed by atoms with Crippen molar-refractivity contribution in [2.75, 3.05) is 40.0 Å². The maximum Gasteiger partial charge on any atom is 0.408 e. The molecule has 2 heterocycles. The van der Waals surface area contributed by atoms with Crippen molar-refractivity contribution in [2.24, 2.45) is 11.7 Å². The Morgan fingerprint density at radius 1 is 1.07 bits per heavy atom. The maximum absolute atomic E-state index is 13.2. The van der Waals surface area contributed by atoms with E-state index in [2.05, 4.69) is 42.8 Å². The minimum atomic E-state index is -0.679. The Bertz CT molecular complexity index is 976. The number of amides is 3. The van der Waals surface area contributed by atoms with Crippen LogP contribution in [0.1, 0.15) is 72.1 Å². The topological polar surface area (TPSA) is 166 Å². The van der Waals surface area contributed by atoms with Gasteiger partial charge in [0.05, 0.1) is 30.7 Å². The Morgan fingerprint density at radius 3 is 2.41 bits per heavy atom. The number of hydrogen-bond acceptors (Lipinski definition) is 9. The van der Waals surface area contributed by atoms with Gasteiger partial charge in [-0.15, -0.1) is 0 Å². The fourth-order valence-corrected chi connectivity index (χ4v) is 6.64. The highest BCUT2D eigenvalue weighted by molar-refractivity contribution is 5.77. The molecule has 2 aliphatic heterocycles. The Labute approximate surface area is 242 Å². The quantitative estimate of drug-likeness (QED) is 0.145. The third-order valence-electron chi connectivity index (χ3n) is 9.03.